The fraction of sp³-hybridized carbons (Fsp3) is 0.556. The molecular formula is C18H24N4O2. The third kappa shape index (κ3) is 3.03. The van der Waals surface area contributed by atoms with Crippen LogP contribution in [0, 0.1) is 6.92 Å². The Morgan fingerprint density at radius 3 is 3.00 bits per heavy atom. The van der Waals surface area contributed by atoms with Gasteiger partial charge in [0.1, 0.15) is 5.65 Å². The SMILES string of the molecule is Cc1cn2ccc(C(=O)N3CCCC3CN3CCOCC3)cc2n1. The summed E-state index contributed by atoms with van der Waals surface area (Å²) in [4.78, 5) is 21.9. The van der Waals surface area contributed by atoms with Gasteiger partial charge in [-0.1, -0.05) is 0 Å². The number of aromatic nitrogens is 2. The minimum absolute atomic E-state index is 0.133. The molecule has 2 aromatic rings. The summed E-state index contributed by atoms with van der Waals surface area (Å²) in [5.74, 6) is 0.133. The molecule has 0 spiro atoms. The van der Waals surface area contributed by atoms with Crippen LogP contribution >= 0.6 is 0 Å². The van der Waals surface area contributed by atoms with Crippen LogP contribution in [0.1, 0.15) is 28.9 Å². The molecule has 2 fully saturated rings. The van der Waals surface area contributed by atoms with Crippen LogP contribution in [-0.4, -0.2) is 70.5 Å². The number of amides is 1. The molecular weight excluding hydrogens is 304 g/mol. The van der Waals surface area contributed by atoms with Crippen molar-refractivity contribution in [1.29, 1.82) is 0 Å². The largest absolute Gasteiger partial charge is 0.379 e. The zero-order valence-corrected chi connectivity index (χ0v) is 14.1. The highest BCUT2D eigenvalue weighted by Gasteiger charge is 2.31. The lowest BCUT2D eigenvalue weighted by Gasteiger charge is -2.33. The van der Waals surface area contributed by atoms with Crippen molar-refractivity contribution in [2.45, 2.75) is 25.8 Å². The standard InChI is InChI=1S/C18H24N4O2/c1-14-12-21-6-4-15(11-17(21)19-14)18(23)22-5-2-3-16(22)13-20-7-9-24-10-8-20/h4,6,11-12,16H,2-3,5,7-10,13H2,1H3. The second kappa shape index (κ2) is 6.53. The first-order chi connectivity index (χ1) is 11.7. The van der Waals surface area contributed by atoms with E-state index in [0.717, 1.165) is 69.1 Å². The van der Waals surface area contributed by atoms with E-state index in [-0.39, 0.29) is 5.91 Å². The van der Waals surface area contributed by atoms with E-state index in [1.807, 2.05) is 35.9 Å². The highest BCUT2D eigenvalue weighted by Crippen LogP contribution is 2.22. The van der Waals surface area contributed by atoms with Gasteiger partial charge >= 0.3 is 0 Å². The van der Waals surface area contributed by atoms with E-state index in [0.29, 0.717) is 6.04 Å². The first-order valence-electron chi connectivity index (χ1n) is 8.77. The number of imidazole rings is 1. The van der Waals surface area contributed by atoms with Gasteiger partial charge in [0, 0.05) is 50.2 Å². The Balaban J connectivity index is 1.50. The lowest BCUT2D eigenvalue weighted by Crippen LogP contribution is -2.46. The van der Waals surface area contributed by atoms with Crippen molar-refractivity contribution in [3.8, 4) is 0 Å². The van der Waals surface area contributed by atoms with Crippen molar-refractivity contribution in [3.63, 3.8) is 0 Å². The lowest BCUT2D eigenvalue weighted by molar-refractivity contribution is 0.0261. The van der Waals surface area contributed by atoms with Crippen LogP contribution in [0.5, 0.6) is 0 Å². The van der Waals surface area contributed by atoms with Gasteiger partial charge in [0.25, 0.3) is 5.91 Å². The monoisotopic (exact) mass is 328 g/mol. The number of ether oxygens (including phenoxy) is 1. The molecule has 0 aromatic carbocycles. The summed E-state index contributed by atoms with van der Waals surface area (Å²) in [6.45, 7) is 7.32. The van der Waals surface area contributed by atoms with Crippen molar-refractivity contribution in [2.24, 2.45) is 0 Å². The molecule has 2 aliphatic rings. The molecule has 2 saturated heterocycles. The van der Waals surface area contributed by atoms with Crippen LogP contribution < -0.4 is 0 Å². The van der Waals surface area contributed by atoms with Gasteiger partial charge < -0.3 is 14.0 Å². The number of aryl methyl sites for hydroxylation is 1. The van der Waals surface area contributed by atoms with Gasteiger partial charge in [-0.15, -0.1) is 0 Å². The van der Waals surface area contributed by atoms with Crippen molar-refractivity contribution < 1.29 is 9.53 Å². The zero-order valence-electron chi connectivity index (χ0n) is 14.1. The van der Waals surface area contributed by atoms with E-state index in [1.165, 1.54) is 0 Å². The molecule has 1 atom stereocenters. The minimum atomic E-state index is 0.133. The molecule has 6 heteroatoms. The van der Waals surface area contributed by atoms with E-state index >= 15 is 0 Å². The van der Waals surface area contributed by atoms with Gasteiger partial charge in [0.05, 0.1) is 18.9 Å². The number of nitrogens with zero attached hydrogens (tertiary/aromatic N) is 4. The maximum Gasteiger partial charge on any atom is 0.254 e. The van der Waals surface area contributed by atoms with Crippen LogP contribution in [-0.2, 0) is 4.74 Å². The Morgan fingerprint density at radius 1 is 1.33 bits per heavy atom. The molecule has 4 rings (SSSR count). The van der Waals surface area contributed by atoms with Gasteiger partial charge in [0.2, 0.25) is 0 Å². The van der Waals surface area contributed by atoms with Gasteiger partial charge in [0.15, 0.2) is 0 Å². The average Bonchev–Trinajstić information content (AvgIpc) is 3.19. The number of fused-ring (bicyclic) bond motifs is 1. The normalized spacial score (nSPS) is 22.4. The molecule has 2 aromatic heterocycles. The molecule has 0 aliphatic carbocycles. The number of likely N-dealkylation sites (tertiary alicyclic amines) is 1. The predicted octanol–water partition coefficient (Wildman–Crippen LogP) is 1.58. The summed E-state index contributed by atoms with van der Waals surface area (Å²) < 4.78 is 7.38. The third-order valence-corrected chi connectivity index (χ3v) is 5.04. The Labute approximate surface area is 142 Å². The van der Waals surface area contributed by atoms with Gasteiger partial charge in [-0.05, 0) is 31.9 Å². The molecule has 0 saturated carbocycles. The van der Waals surface area contributed by atoms with Crippen LogP contribution in [0.3, 0.4) is 0 Å². The Bertz CT molecular complexity index is 736. The molecule has 0 bridgehead atoms. The second-order valence-electron chi connectivity index (χ2n) is 6.77. The Hall–Kier alpha value is -1.92. The molecule has 1 unspecified atom stereocenters. The summed E-state index contributed by atoms with van der Waals surface area (Å²) in [5, 5.41) is 0. The minimum Gasteiger partial charge on any atom is -0.379 e. The molecule has 4 heterocycles. The van der Waals surface area contributed by atoms with E-state index in [1.54, 1.807) is 0 Å². The second-order valence-corrected chi connectivity index (χ2v) is 6.77. The summed E-state index contributed by atoms with van der Waals surface area (Å²) in [6.07, 6.45) is 6.08. The van der Waals surface area contributed by atoms with E-state index in [4.69, 9.17) is 4.74 Å². The number of morpholine rings is 1. The van der Waals surface area contributed by atoms with Gasteiger partial charge in [-0.25, -0.2) is 4.98 Å². The average molecular weight is 328 g/mol. The smallest absolute Gasteiger partial charge is 0.254 e. The first-order valence-corrected chi connectivity index (χ1v) is 8.77. The molecule has 2 aliphatic heterocycles. The van der Waals surface area contributed by atoms with Crippen molar-refractivity contribution in [3.05, 3.63) is 35.8 Å². The van der Waals surface area contributed by atoms with Crippen LogP contribution in [0.25, 0.3) is 5.65 Å². The maximum atomic E-state index is 13.0. The summed E-state index contributed by atoms with van der Waals surface area (Å²) in [7, 11) is 0. The molecule has 6 nitrogen and oxygen atoms in total. The fourth-order valence-corrected chi connectivity index (χ4v) is 3.78. The molecule has 128 valence electrons. The van der Waals surface area contributed by atoms with Crippen LogP contribution in [0.4, 0.5) is 0 Å². The number of hydrogen-bond donors (Lipinski definition) is 0. The summed E-state index contributed by atoms with van der Waals surface area (Å²) in [6, 6.07) is 4.12. The van der Waals surface area contributed by atoms with E-state index in [2.05, 4.69) is 14.8 Å². The summed E-state index contributed by atoms with van der Waals surface area (Å²) in [5.41, 5.74) is 2.54. The fourth-order valence-electron chi connectivity index (χ4n) is 3.78. The Morgan fingerprint density at radius 2 is 2.17 bits per heavy atom. The zero-order chi connectivity index (χ0) is 16.5. The van der Waals surface area contributed by atoms with E-state index in [9.17, 15) is 4.79 Å². The highest BCUT2D eigenvalue weighted by atomic mass is 16.5. The van der Waals surface area contributed by atoms with Crippen LogP contribution in [0.2, 0.25) is 0 Å². The third-order valence-electron chi connectivity index (χ3n) is 5.04. The van der Waals surface area contributed by atoms with Crippen molar-refractivity contribution >= 4 is 11.6 Å². The number of carbonyl (C=O) groups excluding carboxylic acids is 1. The highest BCUT2D eigenvalue weighted by molar-refractivity contribution is 5.95. The number of hydrogen-bond acceptors (Lipinski definition) is 4. The van der Waals surface area contributed by atoms with Gasteiger partial charge in [-0.3, -0.25) is 9.69 Å². The number of rotatable bonds is 3. The molecule has 0 N–H and O–H groups in total. The molecule has 1 amide bonds. The van der Waals surface area contributed by atoms with Crippen molar-refractivity contribution in [1.82, 2.24) is 19.2 Å². The van der Waals surface area contributed by atoms with Gasteiger partial charge in [-0.2, -0.15) is 0 Å². The number of carbonyl (C=O) groups is 1. The quantitative estimate of drug-likeness (QED) is 0.858. The molecule has 0 radical (unpaired) electrons. The lowest BCUT2D eigenvalue weighted by atomic mass is 10.1. The summed E-state index contributed by atoms with van der Waals surface area (Å²) >= 11 is 0. The predicted molar refractivity (Wildman–Crippen MR) is 91.2 cm³/mol. The van der Waals surface area contributed by atoms with Crippen LogP contribution in [0.15, 0.2) is 24.5 Å². The first kappa shape index (κ1) is 15.6. The topological polar surface area (TPSA) is 50.1 Å². The van der Waals surface area contributed by atoms with Crippen molar-refractivity contribution in [2.75, 3.05) is 39.4 Å². The maximum absolute atomic E-state index is 13.0. The number of pyridine rings is 1. The Kier molecular flexibility index (Phi) is 4.24. The molecule has 24 heavy (non-hydrogen) atoms. The van der Waals surface area contributed by atoms with E-state index < -0.39 is 0 Å².